The van der Waals surface area contributed by atoms with Crippen LogP contribution in [0.3, 0.4) is 0 Å². The highest BCUT2D eigenvalue weighted by Gasteiger charge is 2.34. The van der Waals surface area contributed by atoms with Crippen LogP contribution in [0.1, 0.15) is 50.5 Å². The van der Waals surface area contributed by atoms with E-state index >= 15 is 0 Å². The van der Waals surface area contributed by atoms with Crippen LogP contribution in [0.4, 0.5) is 5.82 Å². The number of hydrogen-bond acceptors (Lipinski definition) is 6. The first-order valence-electron chi connectivity index (χ1n) is 13.6. The fourth-order valence-corrected chi connectivity index (χ4v) is 6.22. The topological polar surface area (TPSA) is 53.8 Å². The molecule has 2 atom stereocenters. The lowest BCUT2D eigenvalue weighted by Gasteiger charge is -2.46. The SMILES string of the molecule is c1cc(CNC2CCCCC2)cc(OC[C@@H]2CC[C@@H]3CN(c4noc5ccccc45)CCN3C2)c1. The number of anilines is 1. The van der Waals surface area contributed by atoms with Gasteiger partial charge in [-0.2, -0.15) is 0 Å². The largest absolute Gasteiger partial charge is 0.493 e. The van der Waals surface area contributed by atoms with Gasteiger partial charge in [-0.15, -0.1) is 0 Å². The summed E-state index contributed by atoms with van der Waals surface area (Å²) < 4.78 is 11.9. The van der Waals surface area contributed by atoms with E-state index in [4.69, 9.17) is 9.26 Å². The molecule has 2 saturated heterocycles. The van der Waals surface area contributed by atoms with Gasteiger partial charge in [-0.3, -0.25) is 4.90 Å². The Balaban J connectivity index is 0.988. The third-order valence-electron chi connectivity index (χ3n) is 8.25. The molecule has 0 unspecified atom stereocenters. The van der Waals surface area contributed by atoms with Crippen molar-refractivity contribution in [1.82, 2.24) is 15.4 Å². The van der Waals surface area contributed by atoms with Gasteiger partial charge in [-0.25, -0.2) is 0 Å². The van der Waals surface area contributed by atoms with Crippen LogP contribution in [0.15, 0.2) is 53.1 Å². The van der Waals surface area contributed by atoms with Gasteiger partial charge in [0.05, 0.1) is 12.0 Å². The average Bonchev–Trinajstić information content (AvgIpc) is 3.35. The Morgan fingerprint density at radius 1 is 0.943 bits per heavy atom. The molecule has 0 amide bonds. The molecule has 6 rings (SSSR count). The van der Waals surface area contributed by atoms with E-state index in [0.717, 1.165) is 61.9 Å². The molecule has 6 heteroatoms. The highest BCUT2D eigenvalue weighted by Crippen LogP contribution is 2.31. The number of ether oxygens (including phenoxy) is 1. The minimum atomic E-state index is 0.588. The summed E-state index contributed by atoms with van der Waals surface area (Å²) >= 11 is 0. The van der Waals surface area contributed by atoms with Crippen LogP contribution in [-0.4, -0.2) is 54.9 Å². The zero-order valence-electron chi connectivity index (χ0n) is 20.7. The molecule has 3 heterocycles. The molecule has 0 bridgehead atoms. The smallest absolute Gasteiger partial charge is 0.180 e. The first-order chi connectivity index (χ1) is 17.3. The van der Waals surface area contributed by atoms with E-state index in [9.17, 15) is 0 Å². The van der Waals surface area contributed by atoms with Crippen molar-refractivity contribution in [1.29, 1.82) is 0 Å². The van der Waals surface area contributed by atoms with E-state index in [1.807, 2.05) is 12.1 Å². The van der Waals surface area contributed by atoms with Crippen LogP contribution < -0.4 is 15.0 Å². The fraction of sp³-hybridized carbons (Fsp3) is 0.552. The van der Waals surface area contributed by atoms with E-state index in [0.29, 0.717) is 18.0 Å². The standard InChI is InChI=1S/C29H38N4O2/c1-2-8-24(9-3-1)30-18-22-7-6-10-26(17-22)34-21-23-13-14-25-20-33(16-15-32(25)19-23)29-27-11-4-5-12-28(27)35-31-29/h4-7,10-12,17,23-25,30H,1-3,8-9,13-16,18-21H2/t23-,25-/m1/s1. The van der Waals surface area contributed by atoms with Gasteiger partial charge in [-0.1, -0.05) is 48.7 Å². The molecule has 3 aromatic rings. The molecule has 3 fully saturated rings. The minimum absolute atomic E-state index is 0.588. The maximum Gasteiger partial charge on any atom is 0.180 e. The average molecular weight is 475 g/mol. The Kier molecular flexibility index (Phi) is 6.92. The number of benzene rings is 2. The molecule has 1 saturated carbocycles. The van der Waals surface area contributed by atoms with Gasteiger partial charge in [0.2, 0.25) is 0 Å². The number of nitrogens with zero attached hydrogens (tertiary/aromatic N) is 3. The number of hydrogen-bond donors (Lipinski definition) is 1. The zero-order chi connectivity index (χ0) is 23.5. The van der Waals surface area contributed by atoms with Crippen molar-refractivity contribution in [3.63, 3.8) is 0 Å². The summed E-state index contributed by atoms with van der Waals surface area (Å²) in [6.07, 6.45) is 9.22. The van der Waals surface area contributed by atoms with Crippen LogP contribution in [-0.2, 0) is 6.54 Å². The molecule has 3 aliphatic rings. The van der Waals surface area contributed by atoms with Crippen molar-refractivity contribution in [3.8, 4) is 5.75 Å². The summed E-state index contributed by atoms with van der Waals surface area (Å²) in [6, 6.07) is 18.1. The van der Waals surface area contributed by atoms with Crippen LogP contribution in [0.2, 0.25) is 0 Å². The molecule has 186 valence electrons. The normalized spacial score (nSPS) is 23.9. The van der Waals surface area contributed by atoms with Gasteiger partial charge in [0.25, 0.3) is 0 Å². The van der Waals surface area contributed by atoms with Crippen LogP contribution in [0, 0.1) is 5.92 Å². The number of piperidine rings is 1. The second kappa shape index (κ2) is 10.6. The molecule has 2 aromatic carbocycles. The Labute approximate surface area is 208 Å². The van der Waals surface area contributed by atoms with Crippen molar-refractivity contribution >= 4 is 16.8 Å². The van der Waals surface area contributed by atoms with Crippen LogP contribution in [0.5, 0.6) is 5.75 Å². The number of fused-ring (bicyclic) bond motifs is 2. The summed E-state index contributed by atoms with van der Waals surface area (Å²) in [6.45, 7) is 5.97. The fourth-order valence-electron chi connectivity index (χ4n) is 6.22. The lowest BCUT2D eigenvalue weighted by Crippen LogP contribution is -2.57. The van der Waals surface area contributed by atoms with E-state index in [1.165, 1.54) is 50.5 Å². The maximum atomic E-state index is 6.30. The number of para-hydroxylation sites is 1. The van der Waals surface area contributed by atoms with E-state index in [1.54, 1.807) is 0 Å². The summed E-state index contributed by atoms with van der Waals surface area (Å²) in [5, 5.41) is 9.26. The van der Waals surface area contributed by atoms with Crippen molar-refractivity contribution in [2.45, 2.75) is 63.6 Å². The van der Waals surface area contributed by atoms with Gasteiger partial charge >= 0.3 is 0 Å². The third-order valence-corrected chi connectivity index (χ3v) is 8.25. The molecule has 1 N–H and O–H groups in total. The van der Waals surface area contributed by atoms with E-state index < -0.39 is 0 Å². The summed E-state index contributed by atoms with van der Waals surface area (Å²) in [5.74, 6) is 2.61. The van der Waals surface area contributed by atoms with Crippen LogP contribution in [0.25, 0.3) is 11.0 Å². The predicted octanol–water partition coefficient (Wildman–Crippen LogP) is 5.23. The highest BCUT2D eigenvalue weighted by atomic mass is 16.5. The zero-order valence-corrected chi connectivity index (χ0v) is 20.7. The monoisotopic (exact) mass is 474 g/mol. The molecule has 6 nitrogen and oxygen atoms in total. The molecular weight excluding hydrogens is 436 g/mol. The second-order valence-corrected chi connectivity index (χ2v) is 10.7. The molecular formula is C29H38N4O2. The lowest BCUT2D eigenvalue weighted by molar-refractivity contribution is 0.0726. The molecule has 0 spiro atoms. The van der Waals surface area contributed by atoms with Crippen molar-refractivity contribution in [2.24, 2.45) is 5.92 Å². The summed E-state index contributed by atoms with van der Waals surface area (Å²) in [5.41, 5.74) is 2.20. The van der Waals surface area contributed by atoms with Gasteiger partial charge in [0.1, 0.15) is 5.75 Å². The second-order valence-electron chi connectivity index (χ2n) is 10.7. The van der Waals surface area contributed by atoms with Gasteiger partial charge in [0.15, 0.2) is 11.4 Å². The molecule has 1 aliphatic carbocycles. The summed E-state index contributed by atoms with van der Waals surface area (Å²) in [7, 11) is 0. The highest BCUT2D eigenvalue weighted by molar-refractivity contribution is 5.88. The quantitative estimate of drug-likeness (QED) is 0.506. The Hall–Kier alpha value is -2.57. The Morgan fingerprint density at radius 2 is 1.86 bits per heavy atom. The number of piperazine rings is 1. The van der Waals surface area contributed by atoms with E-state index in [-0.39, 0.29) is 0 Å². The number of aromatic nitrogens is 1. The Bertz CT molecular complexity index is 1110. The first kappa shape index (κ1) is 22.9. The maximum absolute atomic E-state index is 6.30. The summed E-state index contributed by atoms with van der Waals surface area (Å²) in [4.78, 5) is 5.08. The van der Waals surface area contributed by atoms with Gasteiger partial charge in [0, 0.05) is 50.7 Å². The van der Waals surface area contributed by atoms with Crippen LogP contribution >= 0.6 is 0 Å². The molecule has 1 aromatic heterocycles. The Morgan fingerprint density at radius 3 is 2.80 bits per heavy atom. The van der Waals surface area contributed by atoms with Gasteiger partial charge < -0.3 is 19.5 Å². The van der Waals surface area contributed by atoms with Crippen molar-refractivity contribution < 1.29 is 9.26 Å². The first-order valence-corrected chi connectivity index (χ1v) is 13.6. The minimum Gasteiger partial charge on any atom is -0.493 e. The lowest BCUT2D eigenvalue weighted by atomic mass is 9.91. The van der Waals surface area contributed by atoms with Crippen molar-refractivity contribution in [2.75, 3.05) is 37.7 Å². The van der Waals surface area contributed by atoms with Crippen molar-refractivity contribution in [3.05, 3.63) is 54.1 Å². The van der Waals surface area contributed by atoms with Gasteiger partial charge in [-0.05, 0) is 55.5 Å². The molecule has 0 radical (unpaired) electrons. The van der Waals surface area contributed by atoms with E-state index in [2.05, 4.69) is 56.7 Å². The third kappa shape index (κ3) is 5.34. The number of nitrogens with one attached hydrogen (secondary N) is 1. The number of rotatable bonds is 7. The molecule has 2 aliphatic heterocycles. The molecule has 35 heavy (non-hydrogen) atoms. The predicted molar refractivity (Wildman–Crippen MR) is 140 cm³/mol.